The van der Waals surface area contributed by atoms with Gasteiger partial charge in [-0.1, -0.05) is 31.2 Å². The molecule has 0 aromatic carbocycles. The van der Waals surface area contributed by atoms with Crippen molar-refractivity contribution >= 4 is 30.7 Å². The van der Waals surface area contributed by atoms with Crippen LogP contribution in [0.5, 0.6) is 0 Å². The Labute approximate surface area is 147 Å². The van der Waals surface area contributed by atoms with Gasteiger partial charge in [-0.3, -0.25) is 0 Å². The van der Waals surface area contributed by atoms with E-state index >= 15 is 0 Å². The van der Waals surface area contributed by atoms with Crippen molar-refractivity contribution in [1.29, 1.82) is 0 Å². The molecule has 0 amide bonds. The van der Waals surface area contributed by atoms with Gasteiger partial charge in [0.15, 0.2) is 0 Å². The van der Waals surface area contributed by atoms with Crippen molar-refractivity contribution < 1.29 is 4.74 Å². The molecule has 0 atom stereocenters. The third-order valence-electron chi connectivity index (χ3n) is 3.78. The molecule has 3 aromatic rings. The number of halogens is 1. The Morgan fingerprint density at radius 2 is 2.04 bits per heavy atom. The first-order valence-electron chi connectivity index (χ1n) is 7.95. The number of ether oxygens (including phenoxy) is 1. The topological polar surface area (TPSA) is 52.8 Å². The first kappa shape index (κ1) is 17.1. The van der Waals surface area contributed by atoms with Gasteiger partial charge < -0.3 is 9.30 Å². The van der Waals surface area contributed by atoms with Crippen LogP contribution in [0.1, 0.15) is 0 Å². The molecule has 0 aliphatic rings. The highest BCUT2D eigenvalue weighted by Gasteiger charge is 2.16. The standard InChI is InChI=1S/C17H21ClN4OSi/c1-24(2,3)10-9-23-12-22-11-13(15-5-4-7-20-21-15)16-14(18)6-8-19-17(16)22/h4-8,11H,9-10,12H2,1-3H3. The van der Waals surface area contributed by atoms with Crippen LogP contribution in [0.25, 0.3) is 22.3 Å². The summed E-state index contributed by atoms with van der Waals surface area (Å²) in [6.45, 7) is 8.24. The summed E-state index contributed by atoms with van der Waals surface area (Å²) in [7, 11) is -1.09. The smallest absolute Gasteiger partial charge is 0.143 e. The van der Waals surface area contributed by atoms with E-state index in [0.717, 1.165) is 34.9 Å². The lowest BCUT2D eigenvalue weighted by molar-refractivity contribution is 0.0899. The number of fused-ring (bicyclic) bond motifs is 1. The second kappa shape index (κ2) is 7.00. The molecular weight excluding hydrogens is 340 g/mol. The van der Waals surface area contributed by atoms with Crippen molar-refractivity contribution in [3.63, 3.8) is 0 Å². The van der Waals surface area contributed by atoms with Crippen molar-refractivity contribution in [1.82, 2.24) is 19.7 Å². The number of nitrogens with zero attached hydrogens (tertiary/aromatic N) is 4. The predicted octanol–water partition coefficient (Wildman–Crippen LogP) is 4.46. The van der Waals surface area contributed by atoms with E-state index in [-0.39, 0.29) is 0 Å². The van der Waals surface area contributed by atoms with Crippen LogP contribution in [0.2, 0.25) is 30.7 Å². The zero-order valence-electron chi connectivity index (χ0n) is 14.2. The number of aromatic nitrogens is 4. The second-order valence-corrected chi connectivity index (χ2v) is 13.0. The largest absolute Gasteiger partial charge is 0.361 e. The lowest BCUT2D eigenvalue weighted by Gasteiger charge is -2.15. The van der Waals surface area contributed by atoms with Crippen molar-refractivity contribution in [2.75, 3.05) is 6.61 Å². The van der Waals surface area contributed by atoms with Crippen LogP contribution in [-0.2, 0) is 11.5 Å². The first-order valence-corrected chi connectivity index (χ1v) is 12.0. The SMILES string of the molecule is C[Si](C)(C)CCOCn1cc(-c2cccnn2)c2c(Cl)ccnc21. The molecule has 24 heavy (non-hydrogen) atoms. The zero-order chi connectivity index (χ0) is 17.2. The molecule has 0 saturated heterocycles. The van der Waals surface area contributed by atoms with Crippen LogP contribution >= 0.6 is 11.6 Å². The third-order valence-corrected chi connectivity index (χ3v) is 5.80. The van der Waals surface area contributed by atoms with Crippen LogP contribution in [0, 0.1) is 0 Å². The molecule has 0 saturated carbocycles. The van der Waals surface area contributed by atoms with Gasteiger partial charge in [0, 0.05) is 44.2 Å². The van der Waals surface area contributed by atoms with Gasteiger partial charge in [-0.25, -0.2) is 4.98 Å². The van der Waals surface area contributed by atoms with Crippen LogP contribution in [-0.4, -0.2) is 34.4 Å². The van der Waals surface area contributed by atoms with E-state index in [1.54, 1.807) is 18.5 Å². The Bertz CT molecular complexity index is 830. The number of rotatable bonds is 6. The maximum Gasteiger partial charge on any atom is 0.143 e. The van der Waals surface area contributed by atoms with Crippen LogP contribution in [0.4, 0.5) is 0 Å². The molecule has 3 rings (SSSR count). The molecule has 0 unspecified atom stereocenters. The summed E-state index contributed by atoms with van der Waals surface area (Å²) in [6, 6.07) is 6.71. The lowest BCUT2D eigenvalue weighted by atomic mass is 10.1. The highest BCUT2D eigenvalue weighted by molar-refractivity contribution is 6.76. The van der Waals surface area contributed by atoms with Crippen LogP contribution < -0.4 is 0 Å². The first-order chi connectivity index (χ1) is 11.5. The van der Waals surface area contributed by atoms with Crippen molar-refractivity contribution in [2.45, 2.75) is 32.4 Å². The third kappa shape index (κ3) is 3.83. The van der Waals surface area contributed by atoms with E-state index < -0.39 is 8.07 Å². The molecule has 0 aliphatic carbocycles. The van der Waals surface area contributed by atoms with Crippen LogP contribution in [0.3, 0.4) is 0 Å². The molecule has 3 aromatic heterocycles. The Balaban J connectivity index is 1.91. The highest BCUT2D eigenvalue weighted by atomic mass is 35.5. The summed E-state index contributed by atoms with van der Waals surface area (Å²) in [5, 5.41) is 9.69. The summed E-state index contributed by atoms with van der Waals surface area (Å²) in [5.74, 6) is 0. The van der Waals surface area contributed by atoms with Crippen LogP contribution in [0.15, 0.2) is 36.8 Å². The summed E-state index contributed by atoms with van der Waals surface area (Å²) < 4.78 is 7.85. The Kier molecular flexibility index (Phi) is 4.98. The summed E-state index contributed by atoms with van der Waals surface area (Å²) >= 11 is 6.41. The fourth-order valence-electron chi connectivity index (χ4n) is 2.46. The van der Waals surface area contributed by atoms with Gasteiger partial charge in [0.05, 0.1) is 10.7 Å². The maximum atomic E-state index is 6.41. The summed E-state index contributed by atoms with van der Waals surface area (Å²) in [4.78, 5) is 4.47. The molecule has 0 spiro atoms. The van der Waals surface area contributed by atoms with Crippen molar-refractivity contribution in [3.05, 3.63) is 41.8 Å². The average Bonchev–Trinajstić information content (AvgIpc) is 2.92. The maximum absolute atomic E-state index is 6.41. The molecule has 0 N–H and O–H groups in total. The lowest BCUT2D eigenvalue weighted by Crippen LogP contribution is -2.22. The van der Waals surface area contributed by atoms with Gasteiger partial charge in [-0.05, 0) is 24.2 Å². The molecule has 126 valence electrons. The molecule has 0 radical (unpaired) electrons. The van der Waals surface area contributed by atoms with E-state index in [0.29, 0.717) is 11.8 Å². The molecule has 0 fully saturated rings. The van der Waals surface area contributed by atoms with E-state index in [2.05, 4.69) is 34.8 Å². The van der Waals surface area contributed by atoms with Crippen molar-refractivity contribution in [2.24, 2.45) is 0 Å². The molecule has 0 aliphatic heterocycles. The van der Waals surface area contributed by atoms with Crippen molar-refractivity contribution in [3.8, 4) is 11.3 Å². The molecular formula is C17H21ClN4OSi. The van der Waals surface area contributed by atoms with Gasteiger partial charge in [0.2, 0.25) is 0 Å². The monoisotopic (exact) mass is 360 g/mol. The number of hydrogen-bond acceptors (Lipinski definition) is 4. The van der Waals surface area contributed by atoms with Gasteiger partial charge in [-0.2, -0.15) is 10.2 Å². The van der Waals surface area contributed by atoms with Gasteiger partial charge in [0.1, 0.15) is 12.4 Å². The normalized spacial score (nSPS) is 12.0. The molecule has 3 heterocycles. The second-order valence-electron chi connectivity index (χ2n) is 6.96. The zero-order valence-corrected chi connectivity index (χ0v) is 15.9. The summed E-state index contributed by atoms with van der Waals surface area (Å²) in [6.07, 6.45) is 5.35. The van der Waals surface area contributed by atoms with E-state index in [9.17, 15) is 0 Å². The Morgan fingerprint density at radius 3 is 2.75 bits per heavy atom. The minimum atomic E-state index is -1.09. The fraction of sp³-hybridized carbons (Fsp3) is 0.353. The molecule has 5 nitrogen and oxygen atoms in total. The summed E-state index contributed by atoms with van der Waals surface area (Å²) in [5.41, 5.74) is 2.50. The van der Waals surface area contributed by atoms with Gasteiger partial charge in [-0.15, -0.1) is 0 Å². The van der Waals surface area contributed by atoms with Gasteiger partial charge in [0.25, 0.3) is 0 Å². The predicted molar refractivity (Wildman–Crippen MR) is 99.9 cm³/mol. The minimum Gasteiger partial charge on any atom is -0.361 e. The minimum absolute atomic E-state index is 0.453. The van der Waals surface area contributed by atoms with E-state index in [4.69, 9.17) is 16.3 Å². The van der Waals surface area contributed by atoms with E-state index in [1.165, 1.54) is 0 Å². The molecule has 7 heteroatoms. The average molecular weight is 361 g/mol. The Hall–Kier alpha value is -1.76. The quantitative estimate of drug-likeness (QED) is 0.481. The number of pyridine rings is 1. The van der Waals surface area contributed by atoms with Gasteiger partial charge >= 0.3 is 0 Å². The number of hydrogen-bond donors (Lipinski definition) is 0. The Morgan fingerprint density at radius 1 is 1.21 bits per heavy atom. The molecule has 0 bridgehead atoms. The van der Waals surface area contributed by atoms with E-state index in [1.807, 2.05) is 22.9 Å². The highest BCUT2D eigenvalue weighted by Crippen LogP contribution is 2.33. The fourth-order valence-corrected chi connectivity index (χ4v) is 3.45.